The number of rotatable bonds is 7. The van der Waals surface area contributed by atoms with Crippen LogP contribution in [0.3, 0.4) is 0 Å². The van der Waals surface area contributed by atoms with Gasteiger partial charge < -0.3 is 14.5 Å². The second kappa shape index (κ2) is 6.58. The number of oxazole rings is 1. The van der Waals surface area contributed by atoms with Crippen LogP contribution in [0.5, 0.6) is 0 Å². The van der Waals surface area contributed by atoms with Crippen LogP contribution in [0.2, 0.25) is 0 Å². The number of aromatic nitrogens is 1. The average Bonchev–Trinajstić information content (AvgIpc) is 2.63. The lowest BCUT2D eigenvalue weighted by Crippen LogP contribution is -2.21. The van der Waals surface area contributed by atoms with Gasteiger partial charge >= 0.3 is 0 Å². The molecule has 0 fully saturated rings. The van der Waals surface area contributed by atoms with Gasteiger partial charge in [0.05, 0.1) is 19.3 Å². The Morgan fingerprint density at radius 2 is 2.33 bits per heavy atom. The van der Waals surface area contributed by atoms with Crippen molar-refractivity contribution in [3.8, 4) is 0 Å². The third kappa shape index (κ3) is 4.95. The van der Waals surface area contributed by atoms with Crippen LogP contribution in [0.1, 0.15) is 32.4 Å². The van der Waals surface area contributed by atoms with Crippen molar-refractivity contribution < 1.29 is 9.15 Å². The molecule has 0 aliphatic rings. The number of ether oxygens (including phenoxy) is 1. The second-order valence-electron chi connectivity index (χ2n) is 3.70. The summed E-state index contributed by atoms with van der Waals surface area (Å²) in [6.07, 6.45) is 2.57. The van der Waals surface area contributed by atoms with Crippen molar-refractivity contribution >= 4 is 0 Å². The highest BCUT2D eigenvalue weighted by Crippen LogP contribution is 2.04. The molecule has 0 saturated carbocycles. The second-order valence-corrected chi connectivity index (χ2v) is 3.70. The number of nitrogens with one attached hydrogen (secondary N) is 1. The highest BCUT2D eigenvalue weighted by atomic mass is 16.5. The molecule has 0 saturated heterocycles. The van der Waals surface area contributed by atoms with Crippen LogP contribution in [0, 0.1) is 0 Å². The summed E-state index contributed by atoms with van der Waals surface area (Å²) in [7, 11) is 0. The van der Waals surface area contributed by atoms with Gasteiger partial charge in [-0.3, -0.25) is 0 Å². The van der Waals surface area contributed by atoms with E-state index in [4.69, 9.17) is 9.15 Å². The molecule has 0 bridgehead atoms. The lowest BCUT2D eigenvalue weighted by Gasteiger charge is -2.04. The molecule has 0 amide bonds. The highest BCUT2D eigenvalue weighted by Gasteiger charge is 2.03. The predicted octanol–water partition coefficient (Wildman–Crippen LogP) is 1.75. The molecule has 15 heavy (non-hydrogen) atoms. The molecule has 1 aromatic heterocycles. The Bertz CT molecular complexity index is 271. The molecule has 0 radical (unpaired) electrons. The van der Waals surface area contributed by atoms with Crippen molar-refractivity contribution in [3.63, 3.8) is 0 Å². The van der Waals surface area contributed by atoms with Crippen molar-refractivity contribution in [2.75, 3.05) is 13.2 Å². The molecule has 1 aromatic rings. The largest absolute Gasteiger partial charge is 0.444 e. The van der Waals surface area contributed by atoms with Gasteiger partial charge in [0, 0.05) is 19.1 Å². The topological polar surface area (TPSA) is 47.3 Å². The Labute approximate surface area is 91.0 Å². The minimum Gasteiger partial charge on any atom is -0.444 e. The number of hydrogen-bond donors (Lipinski definition) is 1. The van der Waals surface area contributed by atoms with E-state index < -0.39 is 0 Å². The van der Waals surface area contributed by atoms with E-state index in [1.165, 1.54) is 0 Å². The Hall–Kier alpha value is -0.870. The van der Waals surface area contributed by atoms with Gasteiger partial charge in [0.15, 0.2) is 0 Å². The average molecular weight is 212 g/mol. The van der Waals surface area contributed by atoms with E-state index in [1.807, 2.05) is 6.92 Å². The molecule has 0 aliphatic carbocycles. The van der Waals surface area contributed by atoms with Crippen LogP contribution in [0.4, 0.5) is 0 Å². The van der Waals surface area contributed by atoms with E-state index in [0.717, 1.165) is 24.7 Å². The fraction of sp³-hybridized carbons (Fsp3) is 0.727. The molecule has 4 nitrogen and oxygen atoms in total. The van der Waals surface area contributed by atoms with E-state index in [9.17, 15) is 0 Å². The summed E-state index contributed by atoms with van der Waals surface area (Å²) in [6.45, 7) is 8.31. The summed E-state index contributed by atoms with van der Waals surface area (Å²) in [5.41, 5.74) is 0. The molecule has 0 spiro atoms. The molecule has 0 aromatic carbocycles. The minimum atomic E-state index is 0.448. The lowest BCUT2D eigenvalue weighted by molar-refractivity contribution is 0.146. The molecular weight excluding hydrogens is 192 g/mol. The standard InChI is InChI=1S/C11H20N2O2/c1-4-14-6-5-10-7-13-11(15-10)8-12-9(2)3/h7,9,12H,4-6,8H2,1-3H3. The van der Waals surface area contributed by atoms with Crippen molar-refractivity contribution in [2.24, 2.45) is 0 Å². The SMILES string of the molecule is CCOCCc1cnc(CNC(C)C)o1. The molecule has 1 rings (SSSR count). The van der Waals surface area contributed by atoms with E-state index >= 15 is 0 Å². The summed E-state index contributed by atoms with van der Waals surface area (Å²) < 4.78 is 10.8. The molecule has 0 unspecified atom stereocenters. The minimum absolute atomic E-state index is 0.448. The van der Waals surface area contributed by atoms with Gasteiger partial charge in [-0.1, -0.05) is 13.8 Å². The van der Waals surface area contributed by atoms with Gasteiger partial charge in [-0.2, -0.15) is 0 Å². The van der Waals surface area contributed by atoms with E-state index in [-0.39, 0.29) is 0 Å². The maximum atomic E-state index is 5.53. The van der Waals surface area contributed by atoms with Gasteiger partial charge in [0.2, 0.25) is 5.89 Å². The van der Waals surface area contributed by atoms with E-state index in [1.54, 1.807) is 6.20 Å². The molecular formula is C11H20N2O2. The zero-order valence-corrected chi connectivity index (χ0v) is 9.75. The maximum absolute atomic E-state index is 5.53. The van der Waals surface area contributed by atoms with Gasteiger partial charge in [0.1, 0.15) is 5.76 Å². The first-order chi connectivity index (χ1) is 7.22. The van der Waals surface area contributed by atoms with Crippen LogP contribution in [0.25, 0.3) is 0 Å². The zero-order chi connectivity index (χ0) is 11.1. The summed E-state index contributed by atoms with van der Waals surface area (Å²) in [5, 5.41) is 3.25. The van der Waals surface area contributed by atoms with Gasteiger partial charge in [-0.15, -0.1) is 0 Å². The van der Waals surface area contributed by atoms with Crippen molar-refractivity contribution in [2.45, 2.75) is 39.8 Å². The van der Waals surface area contributed by atoms with Crippen LogP contribution in [-0.4, -0.2) is 24.2 Å². The van der Waals surface area contributed by atoms with Crippen molar-refractivity contribution in [1.29, 1.82) is 0 Å². The fourth-order valence-corrected chi connectivity index (χ4v) is 1.15. The third-order valence-corrected chi connectivity index (χ3v) is 1.96. The van der Waals surface area contributed by atoms with E-state index in [0.29, 0.717) is 19.2 Å². The smallest absolute Gasteiger partial charge is 0.208 e. The first kappa shape index (κ1) is 12.2. The van der Waals surface area contributed by atoms with Crippen molar-refractivity contribution in [3.05, 3.63) is 17.8 Å². The molecule has 4 heteroatoms. The first-order valence-corrected chi connectivity index (χ1v) is 5.47. The summed E-state index contributed by atoms with van der Waals surface area (Å²) in [6, 6.07) is 0.448. The summed E-state index contributed by atoms with van der Waals surface area (Å²) >= 11 is 0. The summed E-state index contributed by atoms with van der Waals surface area (Å²) in [5.74, 6) is 1.64. The summed E-state index contributed by atoms with van der Waals surface area (Å²) in [4.78, 5) is 4.18. The molecule has 86 valence electrons. The molecule has 0 aliphatic heterocycles. The van der Waals surface area contributed by atoms with Gasteiger partial charge in [0.25, 0.3) is 0 Å². The Morgan fingerprint density at radius 3 is 3.00 bits per heavy atom. The Morgan fingerprint density at radius 1 is 1.53 bits per heavy atom. The van der Waals surface area contributed by atoms with Gasteiger partial charge in [-0.05, 0) is 6.92 Å². The monoisotopic (exact) mass is 212 g/mol. The lowest BCUT2D eigenvalue weighted by atomic mass is 10.4. The zero-order valence-electron chi connectivity index (χ0n) is 9.75. The molecule has 0 atom stereocenters. The third-order valence-electron chi connectivity index (χ3n) is 1.96. The van der Waals surface area contributed by atoms with Crippen LogP contribution >= 0.6 is 0 Å². The molecule has 1 heterocycles. The van der Waals surface area contributed by atoms with E-state index in [2.05, 4.69) is 24.1 Å². The highest BCUT2D eigenvalue weighted by molar-refractivity contribution is 4.94. The number of nitrogens with zero attached hydrogens (tertiary/aromatic N) is 1. The maximum Gasteiger partial charge on any atom is 0.208 e. The van der Waals surface area contributed by atoms with Crippen LogP contribution in [-0.2, 0) is 17.7 Å². The normalized spacial score (nSPS) is 11.2. The van der Waals surface area contributed by atoms with Crippen LogP contribution in [0.15, 0.2) is 10.6 Å². The molecule has 1 N–H and O–H groups in total. The van der Waals surface area contributed by atoms with Gasteiger partial charge in [-0.25, -0.2) is 4.98 Å². The van der Waals surface area contributed by atoms with Crippen LogP contribution < -0.4 is 5.32 Å². The van der Waals surface area contributed by atoms with Crippen molar-refractivity contribution in [1.82, 2.24) is 10.3 Å². The predicted molar refractivity (Wildman–Crippen MR) is 58.7 cm³/mol. The Kier molecular flexibility index (Phi) is 5.36. The number of hydrogen-bond acceptors (Lipinski definition) is 4. The fourth-order valence-electron chi connectivity index (χ4n) is 1.15. The Balaban J connectivity index is 2.29. The first-order valence-electron chi connectivity index (χ1n) is 5.47. The quantitative estimate of drug-likeness (QED) is 0.699.